The van der Waals surface area contributed by atoms with Gasteiger partial charge in [-0.25, -0.2) is 13.2 Å². The van der Waals surface area contributed by atoms with Crippen LogP contribution in [0.4, 0.5) is 16.2 Å². The van der Waals surface area contributed by atoms with Crippen molar-refractivity contribution in [3.63, 3.8) is 0 Å². The second kappa shape index (κ2) is 9.74. The molecule has 0 spiro atoms. The third kappa shape index (κ3) is 5.59. The van der Waals surface area contributed by atoms with Crippen molar-refractivity contribution in [1.82, 2.24) is 4.90 Å². The first kappa shape index (κ1) is 21.7. The summed E-state index contributed by atoms with van der Waals surface area (Å²) in [5.41, 5.74) is 0.981. The lowest BCUT2D eigenvalue weighted by Crippen LogP contribution is -2.38. The van der Waals surface area contributed by atoms with Crippen molar-refractivity contribution in [3.8, 4) is 11.5 Å². The summed E-state index contributed by atoms with van der Waals surface area (Å²) in [6, 6.07) is 22.0. The number of benzene rings is 3. The topological polar surface area (TPSA) is 87.7 Å². The van der Waals surface area contributed by atoms with Crippen LogP contribution in [-0.4, -0.2) is 32.4 Å². The van der Waals surface area contributed by atoms with E-state index < -0.39 is 10.0 Å². The van der Waals surface area contributed by atoms with Gasteiger partial charge in [0, 0.05) is 24.5 Å². The molecule has 0 atom stereocenters. The molecule has 1 fully saturated rings. The fraction of sp³-hybridized carbons (Fsp3) is 0.208. The predicted octanol–water partition coefficient (Wildman–Crippen LogP) is 5.30. The number of hydrogen-bond acceptors (Lipinski definition) is 4. The Kier molecular flexibility index (Phi) is 6.61. The molecule has 0 saturated carbocycles. The average Bonchev–Trinajstić information content (AvgIpc) is 2.82. The molecule has 2 amide bonds. The highest BCUT2D eigenvalue weighted by Gasteiger charge is 2.18. The summed E-state index contributed by atoms with van der Waals surface area (Å²) >= 11 is 0. The number of urea groups is 1. The molecule has 0 unspecified atom stereocenters. The molecule has 3 aromatic carbocycles. The van der Waals surface area contributed by atoms with E-state index >= 15 is 0 Å². The summed E-state index contributed by atoms with van der Waals surface area (Å²) in [7, 11) is -3.76. The van der Waals surface area contributed by atoms with E-state index in [1.54, 1.807) is 41.3 Å². The molecule has 1 aliphatic heterocycles. The van der Waals surface area contributed by atoms with Gasteiger partial charge in [-0.2, -0.15) is 0 Å². The SMILES string of the molecule is O=C(Nc1ccc(S(=O)(=O)Nc2ccc(Oc3ccccc3)cc2)cc1)N1CCCCC1. The molecule has 0 aliphatic carbocycles. The molecule has 4 rings (SSSR count). The zero-order valence-corrected chi connectivity index (χ0v) is 18.3. The molecular weight excluding hydrogens is 426 g/mol. The summed E-state index contributed by atoms with van der Waals surface area (Å²) in [5, 5.41) is 2.82. The summed E-state index contributed by atoms with van der Waals surface area (Å²) in [4.78, 5) is 14.2. The van der Waals surface area contributed by atoms with Crippen molar-refractivity contribution in [2.24, 2.45) is 0 Å². The first-order valence-corrected chi connectivity index (χ1v) is 12.0. The highest BCUT2D eigenvalue weighted by Crippen LogP contribution is 2.24. The molecule has 1 heterocycles. The zero-order valence-electron chi connectivity index (χ0n) is 17.5. The maximum atomic E-state index is 12.7. The van der Waals surface area contributed by atoms with Crippen LogP contribution < -0.4 is 14.8 Å². The van der Waals surface area contributed by atoms with E-state index in [4.69, 9.17) is 4.74 Å². The molecule has 0 bridgehead atoms. The first-order valence-electron chi connectivity index (χ1n) is 10.5. The van der Waals surface area contributed by atoms with Gasteiger partial charge in [-0.3, -0.25) is 4.72 Å². The van der Waals surface area contributed by atoms with Crippen LogP contribution in [0.5, 0.6) is 11.5 Å². The maximum absolute atomic E-state index is 12.7. The number of anilines is 2. The van der Waals surface area contributed by atoms with Gasteiger partial charge in [0.2, 0.25) is 0 Å². The van der Waals surface area contributed by atoms with Crippen molar-refractivity contribution in [3.05, 3.63) is 78.9 Å². The molecule has 1 saturated heterocycles. The summed E-state index contributed by atoms with van der Waals surface area (Å²) in [5.74, 6) is 1.31. The second-order valence-electron chi connectivity index (χ2n) is 7.55. The monoisotopic (exact) mass is 451 g/mol. The van der Waals surface area contributed by atoms with Crippen LogP contribution in [0.3, 0.4) is 0 Å². The minimum atomic E-state index is -3.76. The van der Waals surface area contributed by atoms with Crippen molar-refractivity contribution < 1.29 is 17.9 Å². The van der Waals surface area contributed by atoms with Gasteiger partial charge < -0.3 is 15.0 Å². The van der Waals surface area contributed by atoms with Crippen molar-refractivity contribution in [1.29, 1.82) is 0 Å². The molecule has 0 radical (unpaired) electrons. The number of nitrogens with zero attached hydrogens (tertiary/aromatic N) is 1. The largest absolute Gasteiger partial charge is 0.457 e. The number of rotatable bonds is 6. The standard InChI is InChI=1S/C24H25N3O4S/c28-24(27-17-5-2-6-18-27)25-19-11-15-23(16-12-19)32(29,30)26-20-9-13-22(14-10-20)31-21-7-3-1-4-8-21/h1,3-4,7-16,26H,2,5-6,17-18H2,(H,25,28). The molecule has 3 aromatic rings. The van der Waals surface area contributed by atoms with Gasteiger partial charge in [0.25, 0.3) is 10.0 Å². The number of piperidine rings is 1. The zero-order chi connectivity index (χ0) is 22.4. The Labute approximate surface area is 188 Å². The van der Waals surface area contributed by atoms with E-state index in [-0.39, 0.29) is 10.9 Å². The fourth-order valence-electron chi connectivity index (χ4n) is 3.45. The van der Waals surface area contributed by atoms with Crippen LogP contribution in [0.25, 0.3) is 0 Å². The van der Waals surface area contributed by atoms with Crippen molar-refractivity contribution in [2.75, 3.05) is 23.1 Å². The van der Waals surface area contributed by atoms with Gasteiger partial charge in [-0.1, -0.05) is 18.2 Å². The fourth-order valence-corrected chi connectivity index (χ4v) is 4.51. The lowest BCUT2D eigenvalue weighted by atomic mass is 10.1. The quantitative estimate of drug-likeness (QED) is 0.533. The van der Waals surface area contributed by atoms with E-state index in [0.717, 1.165) is 32.4 Å². The number of amides is 2. The van der Waals surface area contributed by atoms with Crippen LogP contribution in [-0.2, 0) is 10.0 Å². The number of carbonyl (C=O) groups is 1. The van der Waals surface area contributed by atoms with E-state index in [0.29, 0.717) is 22.9 Å². The van der Waals surface area contributed by atoms with Gasteiger partial charge >= 0.3 is 6.03 Å². The maximum Gasteiger partial charge on any atom is 0.321 e. The van der Waals surface area contributed by atoms with Crippen LogP contribution in [0.15, 0.2) is 83.8 Å². The molecule has 1 aliphatic rings. The van der Waals surface area contributed by atoms with E-state index in [2.05, 4.69) is 10.0 Å². The number of ether oxygens (including phenoxy) is 1. The molecule has 2 N–H and O–H groups in total. The number of nitrogens with one attached hydrogen (secondary N) is 2. The molecule has 166 valence electrons. The smallest absolute Gasteiger partial charge is 0.321 e. The van der Waals surface area contributed by atoms with Crippen LogP contribution in [0.2, 0.25) is 0 Å². The normalized spacial score (nSPS) is 13.9. The number of carbonyl (C=O) groups excluding carboxylic acids is 1. The third-order valence-corrected chi connectivity index (χ3v) is 6.54. The minimum Gasteiger partial charge on any atom is -0.457 e. The van der Waals surface area contributed by atoms with E-state index in [1.807, 2.05) is 30.3 Å². The number of para-hydroxylation sites is 1. The predicted molar refractivity (Wildman–Crippen MR) is 125 cm³/mol. The highest BCUT2D eigenvalue weighted by atomic mass is 32.2. The Morgan fingerprint density at radius 1 is 0.750 bits per heavy atom. The Hall–Kier alpha value is -3.52. The lowest BCUT2D eigenvalue weighted by Gasteiger charge is -2.26. The van der Waals surface area contributed by atoms with E-state index in [9.17, 15) is 13.2 Å². The number of sulfonamides is 1. The van der Waals surface area contributed by atoms with Crippen LogP contribution in [0, 0.1) is 0 Å². The Morgan fingerprint density at radius 2 is 1.34 bits per heavy atom. The van der Waals surface area contributed by atoms with Crippen LogP contribution >= 0.6 is 0 Å². The van der Waals surface area contributed by atoms with Gasteiger partial charge in [0.05, 0.1) is 4.90 Å². The highest BCUT2D eigenvalue weighted by molar-refractivity contribution is 7.92. The third-order valence-electron chi connectivity index (χ3n) is 5.14. The molecular formula is C24H25N3O4S. The van der Waals surface area contributed by atoms with Crippen molar-refractivity contribution in [2.45, 2.75) is 24.2 Å². The summed E-state index contributed by atoms with van der Waals surface area (Å²) in [6.07, 6.45) is 3.16. The Morgan fingerprint density at radius 3 is 2.00 bits per heavy atom. The van der Waals surface area contributed by atoms with Gasteiger partial charge in [0.15, 0.2) is 0 Å². The average molecular weight is 452 g/mol. The second-order valence-corrected chi connectivity index (χ2v) is 9.23. The minimum absolute atomic E-state index is 0.109. The van der Waals surface area contributed by atoms with Gasteiger partial charge in [-0.05, 0) is 79.9 Å². The van der Waals surface area contributed by atoms with Crippen molar-refractivity contribution >= 4 is 27.4 Å². The Balaban J connectivity index is 1.37. The first-order chi connectivity index (χ1) is 15.5. The van der Waals surface area contributed by atoms with E-state index in [1.165, 1.54) is 12.1 Å². The van der Waals surface area contributed by atoms with Gasteiger partial charge in [-0.15, -0.1) is 0 Å². The summed E-state index contributed by atoms with van der Waals surface area (Å²) < 4.78 is 33.7. The van der Waals surface area contributed by atoms with Gasteiger partial charge in [0.1, 0.15) is 11.5 Å². The number of hydrogen-bond donors (Lipinski definition) is 2. The lowest BCUT2D eigenvalue weighted by molar-refractivity contribution is 0.200. The Bertz CT molecular complexity index is 1140. The molecule has 32 heavy (non-hydrogen) atoms. The molecule has 7 nitrogen and oxygen atoms in total. The summed E-state index contributed by atoms with van der Waals surface area (Å²) in [6.45, 7) is 1.49. The van der Waals surface area contributed by atoms with Crippen LogP contribution in [0.1, 0.15) is 19.3 Å². The molecule has 8 heteroatoms. The molecule has 0 aromatic heterocycles. The number of likely N-dealkylation sites (tertiary alicyclic amines) is 1.